The van der Waals surface area contributed by atoms with Gasteiger partial charge in [0.1, 0.15) is 5.57 Å². The van der Waals surface area contributed by atoms with Crippen LogP contribution in [0.2, 0.25) is 0 Å². The monoisotopic (exact) mass is 357 g/mol. The van der Waals surface area contributed by atoms with Crippen LogP contribution in [0.15, 0.2) is 29.8 Å². The highest BCUT2D eigenvalue weighted by Gasteiger charge is 2.38. The molecule has 1 saturated carbocycles. The standard InChI is InChI=1S/C21H27NO4/c1-21(2)25-19(23)18(20(24)26-21)13-15-8-7-9-16(12-15)14-22(3)17-10-5-4-6-11-17/h7-9,12-13,17H,4-6,10-11,14H2,1-3H3. The van der Waals surface area contributed by atoms with Gasteiger partial charge in [0.2, 0.25) is 0 Å². The number of carbonyl (C=O) groups is 2. The fourth-order valence-electron chi connectivity index (χ4n) is 3.67. The van der Waals surface area contributed by atoms with Gasteiger partial charge in [-0.1, -0.05) is 43.5 Å². The quantitative estimate of drug-likeness (QED) is 0.467. The summed E-state index contributed by atoms with van der Waals surface area (Å²) in [7, 11) is 2.17. The Balaban J connectivity index is 1.73. The number of carbonyl (C=O) groups excluding carboxylic acids is 2. The Kier molecular flexibility index (Phi) is 5.47. The number of ether oxygens (including phenoxy) is 2. The molecule has 1 aromatic carbocycles. The van der Waals surface area contributed by atoms with Crippen LogP contribution in [0, 0.1) is 0 Å². The number of hydrogen-bond acceptors (Lipinski definition) is 5. The number of nitrogens with zero attached hydrogens (tertiary/aromatic N) is 1. The summed E-state index contributed by atoms with van der Waals surface area (Å²) in [6.07, 6.45) is 8.02. The van der Waals surface area contributed by atoms with Gasteiger partial charge >= 0.3 is 11.9 Å². The van der Waals surface area contributed by atoms with E-state index in [-0.39, 0.29) is 5.57 Å². The van der Waals surface area contributed by atoms with Crippen LogP contribution in [-0.4, -0.2) is 35.7 Å². The Labute approximate surface area is 155 Å². The van der Waals surface area contributed by atoms with Gasteiger partial charge in [0.25, 0.3) is 5.79 Å². The van der Waals surface area contributed by atoms with E-state index in [0.717, 1.165) is 17.7 Å². The van der Waals surface area contributed by atoms with Crippen molar-refractivity contribution in [3.05, 3.63) is 41.0 Å². The zero-order valence-corrected chi connectivity index (χ0v) is 15.8. The fourth-order valence-corrected chi connectivity index (χ4v) is 3.67. The van der Waals surface area contributed by atoms with Gasteiger partial charge in [0, 0.05) is 26.4 Å². The molecular weight excluding hydrogens is 330 g/mol. The predicted molar refractivity (Wildman–Crippen MR) is 99.0 cm³/mol. The highest BCUT2D eigenvalue weighted by molar-refractivity contribution is 6.18. The van der Waals surface area contributed by atoms with Crippen molar-refractivity contribution in [2.24, 2.45) is 0 Å². The third-order valence-corrected chi connectivity index (χ3v) is 5.01. The zero-order valence-electron chi connectivity index (χ0n) is 15.8. The minimum atomic E-state index is -1.21. The maximum Gasteiger partial charge on any atom is 0.348 e. The van der Waals surface area contributed by atoms with Crippen molar-refractivity contribution in [1.82, 2.24) is 4.90 Å². The first-order valence-corrected chi connectivity index (χ1v) is 9.32. The molecule has 0 spiro atoms. The Morgan fingerprint density at radius 3 is 2.42 bits per heavy atom. The van der Waals surface area contributed by atoms with Crippen LogP contribution in [0.3, 0.4) is 0 Å². The molecule has 0 amide bonds. The lowest BCUT2D eigenvalue weighted by Gasteiger charge is -2.31. The summed E-state index contributed by atoms with van der Waals surface area (Å²) in [5.74, 6) is -2.50. The van der Waals surface area contributed by atoms with Crippen LogP contribution in [-0.2, 0) is 25.6 Å². The number of benzene rings is 1. The molecule has 26 heavy (non-hydrogen) atoms. The minimum absolute atomic E-state index is 0.0675. The molecule has 5 heteroatoms. The molecule has 1 saturated heterocycles. The molecule has 0 unspecified atom stereocenters. The Bertz CT molecular complexity index is 694. The van der Waals surface area contributed by atoms with Gasteiger partial charge in [-0.3, -0.25) is 4.90 Å². The molecule has 2 aliphatic rings. The summed E-state index contributed by atoms with van der Waals surface area (Å²) < 4.78 is 10.3. The lowest BCUT2D eigenvalue weighted by atomic mass is 9.94. The van der Waals surface area contributed by atoms with Crippen molar-refractivity contribution < 1.29 is 19.1 Å². The Morgan fingerprint density at radius 2 is 1.77 bits per heavy atom. The van der Waals surface area contributed by atoms with E-state index in [2.05, 4.69) is 18.0 Å². The lowest BCUT2D eigenvalue weighted by Crippen LogP contribution is -2.41. The second-order valence-electron chi connectivity index (χ2n) is 7.69. The summed E-state index contributed by atoms with van der Waals surface area (Å²) in [5.41, 5.74) is 1.88. The minimum Gasteiger partial charge on any atom is -0.419 e. The topological polar surface area (TPSA) is 55.8 Å². The van der Waals surface area contributed by atoms with Gasteiger partial charge in [0.15, 0.2) is 0 Å². The first kappa shape index (κ1) is 18.6. The van der Waals surface area contributed by atoms with E-state index in [1.165, 1.54) is 32.1 Å². The van der Waals surface area contributed by atoms with Crippen molar-refractivity contribution in [2.45, 2.75) is 64.3 Å². The normalized spacial score (nSPS) is 20.7. The van der Waals surface area contributed by atoms with Crippen LogP contribution in [0.1, 0.15) is 57.1 Å². The summed E-state index contributed by atoms with van der Waals surface area (Å²) in [5, 5.41) is 0. The zero-order chi connectivity index (χ0) is 18.7. The van der Waals surface area contributed by atoms with E-state index in [4.69, 9.17) is 9.47 Å². The van der Waals surface area contributed by atoms with Crippen molar-refractivity contribution in [3.63, 3.8) is 0 Å². The molecule has 0 N–H and O–H groups in total. The Morgan fingerprint density at radius 1 is 1.12 bits per heavy atom. The number of esters is 2. The van der Waals surface area contributed by atoms with E-state index in [9.17, 15) is 9.59 Å². The molecule has 3 rings (SSSR count). The molecule has 0 bridgehead atoms. The summed E-state index contributed by atoms with van der Waals surface area (Å²) >= 11 is 0. The third-order valence-electron chi connectivity index (χ3n) is 5.01. The molecule has 1 aromatic rings. The van der Waals surface area contributed by atoms with E-state index in [1.54, 1.807) is 19.9 Å². The molecule has 5 nitrogen and oxygen atoms in total. The molecule has 0 aromatic heterocycles. The first-order valence-electron chi connectivity index (χ1n) is 9.32. The van der Waals surface area contributed by atoms with E-state index in [1.807, 2.05) is 18.2 Å². The number of rotatable bonds is 4. The molecule has 1 heterocycles. The number of cyclic esters (lactones) is 2. The molecule has 1 aliphatic heterocycles. The molecule has 2 fully saturated rings. The number of hydrogen-bond donors (Lipinski definition) is 0. The summed E-state index contributed by atoms with van der Waals surface area (Å²) in [6, 6.07) is 8.53. The van der Waals surface area contributed by atoms with Crippen molar-refractivity contribution in [1.29, 1.82) is 0 Å². The van der Waals surface area contributed by atoms with Crippen LogP contribution in [0.5, 0.6) is 0 Å². The highest BCUT2D eigenvalue weighted by Crippen LogP contribution is 2.25. The van der Waals surface area contributed by atoms with Crippen molar-refractivity contribution >= 4 is 18.0 Å². The maximum atomic E-state index is 12.1. The van der Waals surface area contributed by atoms with Crippen LogP contribution in [0.25, 0.3) is 6.08 Å². The average Bonchev–Trinajstić information content (AvgIpc) is 2.58. The van der Waals surface area contributed by atoms with Crippen molar-refractivity contribution in [3.8, 4) is 0 Å². The fraction of sp³-hybridized carbons (Fsp3) is 0.524. The van der Waals surface area contributed by atoms with Gasteiger partial charge in [-0.2, -0.15) is 0 Å². The van der Waals surface area contributed by atoms with Gasteiger partial charge in [-0.05, 0) is 37.1 Å². The second-order valence-corrected chi connectivity index (χ2v) is 7.69. The smallest absolute Gasteiger partial charge is 0.348 e. The van der Waals surface area contributed by atoms with Crippen LogP contribution < -0.4 is 0 Å². The summed E-state index contributed by atoms with van der Waals surface area (Å²) in [4.78, 5) is 26.6. The van der Waals surface area contributed by atoms with Gasteiger partial charge in [-0.15, -0.1) is 0 Å². The van der Waals surface area contributed by atoms with Gasteiger partial charge in [-0.25, -0.2) is 9.59 Å². The first-order chi connectivity index (χ1) is 12.3. The van der Waals surface area contributed by atoms with E-state index < -0.39 is 17.7 Å². The average molecular weight is 357 g/mol. The predicted octanol–water partition coefficient (Wildman–Crippen LogP) is 3.67. The maximum absolute atomic E-state index is 12.1. The van der Waals surface area contributed by atoms with Gasteiger partial charge in [0.05, 0.1) is 0 Å². The molecule has 0 atom stereocenters. The van der Waals surface area contributed by atoms with E-state index in [0.29, 0.717) is 6.04 Å². The molecule has 0 radical (unpaired) electrons. The molecular formula is C21H27NO4. The summed E-state index contributed by atoms with van der Waals surface area (Å²) in [6.45, 7) is 3.94. The van der Waals surface area contributed by atoms with Crippen LogP contribution >= 0.6 is 0 Å². The highest BCUT2D eigenvalue weighted by atomic mass is 16.7. The van der Waals surface area contributed by atoms with Crippen LogP contribution in [0.4, 0.5) is 0 Å². The largest absolute Gasteiger partial charge is 0.419 e. The molecule has 140 valence electrons. The third kappa shape index (κ3) is 4.52. The second kappa shape index (κ2) is 7.62. The SMILES string of the molecule is CN(Cc1cccc(C=C2C(=O)OC(C)(C)OC2=O)c1)C1CCCCC1. The van der Waals surface area contributed by atoms with Gasteiger partial charge < -0.3 is 9.47 Å². The Hall–Kier alpha value is -2.14. The lowest BCUT2D eigenvalue weighted by molar-refractivity contribution is -0.222. The van der Waals surface area contributed by atoms with E-state index >= 15 is 0 Å². The van der Waals surface area contributed by atoms with Crippen molar-refractivity contribution in [2.75, 3.05) is 7.05 Å². The molecule has 1 aliphatic carbocycles.